The number of rotatable bonds is 6. The number of hydrogen-bond acceptors (Lipinski definition) is 3. The molecule has 1 unspecified atom stereocenters. The number of hydrogen-bond donors (Lipinski definition) is 1. The number of aromatic nitrogens is 1. The minimum Gasteiger partial charge on any atom is -0.480 e. The second-order valence-corrected chi connectivity index (χ2v) is 5.20. The molecule has 0 saturated heterocycles. The summed E-state index contributed by atoms with van der Waals surface area (Å²) in [7, 11) is 1.83. The predicted molar refractivity (Wildman–Crippen MR) is 82.1 cm³/mol. The Hall–Kier alpha value is -2.20. The molecule has 0 aliphatic rings. The highest BCUT2D eigenvalue weighted by Gasteiger charge is 2.24. The zero-order valence-electron chi connectivity index (χ0n) is 12.4. The summed E-state index contributed by atoms with van der Waals surface area (Å²) in [5.74, 6) is -0.831. The first-order chi connectivity index (χ1) is 10.1. The molecule has 4 heteroatoms. The molecule has 0 saturated carbocycles. The smallest absolute Gasteiger partial charge is 0.325 e. The molecule has 1 heterocycles. The molecular formula is C17H20N2O2. The molecule has 110 valence electrons. The summed E-state index contributed by atoms with van der Waals surface area (Å²) in [6.45, 7) is 2.63. The standard InChI is InChI=1S/C17H20N2O2/c1-13-6-8-14(9-7-13)16(17(20)21)19(2)12-10-15-5-3-4-11-18-15/h3-9,11,16H,10,12H2,1-2H3,(H,20,21). The Bertz CT molecular complexity index is 581. The molecule has 0 fully saturated rings. The molecule has 0 bridgehead atoms. The molecule has 0 amide bonds. The quantitative estimate of drug-likeness (QED) is 0.886. The maximum atomic E-state index is 11.6. The first-order valence-electron chi connectivity index (χ1n) is 6.97. The number of nitrogens with zero attached hydrogens (tertiary/aromatic N) is 2. The van der Waals surface area contributed by atoms with Gasteiger partial charge in [0.1, 0.15) is 6.04 Å². The van der Waals surface area contributed by atoms with Crippen LogP contribution in [0.4, 0.5) is 0 Å². The van der Waals surface area contributed by atoms with Crippen LogP contribution in [0.25, 0.3) is 0 Å². The summed E-state index contributed by atoms with van der Waals surface area (Å²) >= 11 is 0. The number of carboxylic acids is 1. The van der Waals surface area contributed by atoms with E-state index in [1.165, 1.54) is 0 Å². The largest absolute Gasteiger partial charge is 0.480 e. The average molecular weight is 284 g/mol. The highest BCUT2D eigenvalue weighted by molar-refractivity contribution is 5.75. The summed E-state index contributed by atoms with van der Waals surface area (Å²) in [5.41, 5.74) is 2.90. The zero-order valence-corrected chi connectivity index (χ0v) is 12.4. The van der Waals surface area contributed by atoms with Gasteiger partial charge in [0.15, 0.2) is 0 Å². The first kappa shape index (κ1) is 15.2. The summed E-state index contributed by atoms with van der Waals surface area (Å²) in [6.07, 6.45) is 2.48. The van der Waals surface area contributed by atoms with Crippen LogP contribution >= 0.6 is 0 Å². The van der Waals surface area contributed by atoms with Crippen LogP contribution in [-0.2, 0) is 11.2 Å². The van der Waals surface area contributed by atoms with Gasteiger partial charge in [-0.05, 0) is 31.7 Å². The molecule has 2 aromatic rings. The number of aryl methyl sites for hydroxylation is 1. The van der Waals surface area contributed by atoms with Gasteiger partial charge in [0.05, 0.1) is 0 Å². The van der Waals surface area contributed by atoms with Gasteiger partial charge in [-0.1, -0.05) is 35.9 Å². The Balaban J connectivity index is 2.07. The normalized spacial score (nSPS) is 12.3. The Morgan fingerprint density at radius 3 is 2.52 bits per heavy atom. The van der Waals surface area contributed by atoms with E-state index in [0.29, 0.717) is 6.54 Å². The molecule has 1 aromatic carbocycles. The van der Waals surface area contributed by atoms with E-state index in [2.05, 4.69) is 4.98 Å². The molecule has 0 radical (unpaired) electrons. The fourth-order valence-corrected chi connectivity index (χ4v) is 2.30. The van der Waals surface area contributed by atoms with Crippen molar-refractivity contribution in [2.24, 2.45) is 0 Å². The van der Waals surface area contributed by atoms with Crippen molar-refractivity contribution in [3.05, 3.63) is 65.5 Å². The second-order valence-electron chi connectivity index (χ2n) is 5.20. The number of benzene rings is 1. The van der Waals surface area contributed by atoms with Crippen molar-refractivity contribution in [3.8, 4) is 0 Å². The fourth-order valence-electron chi connectivity index (χ4n) is 2.30. The van der Waals surface area contributed by atoms with Gasteiger partial charge in [-0.3, -0.25) is 14.7 Å². The second kappa shape index (κ2) is 6.99. The lowest BCUT2D eigenvalue weighted by Crippen LogP contribution is -2.32. The lowest BCUT2D eigenvalue weighted by molar-refractivity contribution is -0.143. The number of aliphatic carboxylic acids is 1. The van der Waals surface area contributed by atoms with Gasteiger partial charge in [-0.15, -0.1) is 0 Å². The number of pyridine rings is 1. The summed E-state index contributed by atoms with van der Waals surface area (Å²) < 4.78 is 0. The third-order valence-electron chi connectivity index (χ3n) is 3.51. The van der Waals surface area contributed by atoms with Crippen LogP contribution in [0.15, 0.2) is 48.7 Å². The molecule has 1 N–H and O–H groups in total. The highest BCUT2D eigenvalue weighted by atomic mass is 16.4. The molecule has 0 aliphatic carbocycles. The number of carboxylic acid groups (broad SMARTS) is 1. The van der Waals surface area contributed by atoms with E-state index in [9.17, 15) is 9.90 Å². The SMILES string of the molecule is Cc1ccc(C(C(=O)O)N(C)CCc2ccccn2)cc1. The van der Waals surface area contributed by atoms with Gasteiger partial charge in [-0.25, -0.2) is 0 Å². The number of likely N-dealkylation sites (N-methyl/N-ethyl adjacent to an activating group) is 1. The molecule has 1 aromatic heterocycles. The topological polar surface area (TPSA) is 53.4 Å². The van der Waals surface area contributed by atoms with E-state index in [-0.39, 0.29) is 0 Å². The van der Waals surface area contributed by atoms with E-state index >= 15 is 0 Å². The van der Waals surface area contributed by atoms with Crippen molar-refractivity contribution in [1.82, 2.24) is 9.88 Å². The van der Waals surface area contributed by atoms with E-state index in [4.69, 9.17) is 0 Å². The highest BCUT2D eigenvalue weighted by Crippen LogP contribution is 2.20. The summed E-state index contributed by atoms with van der Waals surface area (Å²) in [4.78, 5) is 17.7. The van der Waals surface area contributed by atoms with Crippen LogP contribution in [0.3, 0.4) is 0 Å². The third-order valence-corrected chi connectivity index (χ3v) is 3.51. The molecule has 2 rings (SSSR count). The Morgan fingerprint density at radius 2 is 1.95 bits per heavy atom. The average Bonchev–Trinajstić information content (AvgIpc) is 2.48. The van der Waals surface area contributed by atoms with Crippen LogP contribution in [0.2, 0.25) is 0 Å². The Labute approximate surface area is 125 Å². The van der Waals surface area contributed by atoms with Gasteiger partial charge in [0.2, 0.25) is 0 Å². The van der Waals surface area contributed by atoms with Crippen LogP contribution in [0, 0.1) is 6.92 Å². The van der Waals surface area contributed by atoms with Crippen LogP contribution in [0.5, 0.6) is 0 Å². The van der Waals surface area contributed by atoms with Gasteiger partial charge in [0, 0.05) is 24.9 Å². The van der Waals surface area contributed by atoms with Crippen molar-refractivity contribution in [2.75, 3.05) is 13.6 Å². The summed E-state index contributed by atoms with van der Waals surface area (Å²) in [6, 6.07) is 12.8. The Morgan fingerprint density at radius 1 is 1.24 bits per heavy atom. The van der Waals surface area contributed by atoms with Crippen LogP contribution in [0.1, 0.15) is 22.9 Å². The Kier molecular flexibility index (Phi) is 5.06. The van der Waals surface area contributed by atoms with Crippen LogP contribution in [-0.4, -0.2) is 34.6 Å². The molecule has 21 heavy (non-hydrogen) atoms. The van der Waals surface area contributed by atoms with E-state index in [1.807, 2.05) is 61.3 Å². The zero-order chi connectivity index (χ0) is 15.2. The van der Waals surface area contributed by atoms with E-state index < -0.39 is 12.0 Å². The van der Waals surface area contributed by atoms with E-state index in [0.717, 1.165) is 23.2 Å². The minimum absolute atomic E-state index is 0.630. The molecule has 0 aliphatic heterocycles. The van der Waals surface area contributed by atoms with Crippen molar-refractivity contribution >= 4 is 5.97 Å². The van der Waals surface area contributed by atoms with Crippen molar-refractivity contribution in [1.29, 1.82) is 0 Å². The predicted octanol–water partition coefficient (Wildman–Crippen LogP) is 2.69. The van der Waals surface area contributed by atoms with Crippen molar-refractivity contribution in [2.45, 2.75) is 19.4 Å². The lowest BCUT2D eigenvalue weighted by atomic mass is 10.0. The van der Waals surface area contributed by atoms with Gasteiger partial charge >= 0.3 is 5.97 Å². The van der Waals surface area contributed by atoms with Crippen LogP contribution < -0.4 is 0 Å². The molecule has 0 spiro atoms. The van der Waals surface area contributed by atoms with Crippen molar-refractivity contribution in [3.63, 3.8) is 0 Å². The first-order valence-corrected chi connectivity index (χ1v) is 6.97. The van der Waals surface area contributed by atoms with E-state index in [1.54, 1.807) is 6.20 Å². The summed E-state index contributed by atoms with van der Waals surface area (Å²) in [5, 5.41) is 9.51. The maximum absolute atomic E-state index is 11.6. The minimum atomic E-state index is -0.831. The monoisotopic (exact) mass is 284 g/mol. The fraction of sp³-hybridized carbons (Fsp3) is 0.294. The van der Waals surface area contributed by atoms with Gasteiger partial charge < -0.3 is 5.11 Å². The lowest BCUT2D eigenvalue weighted by Gasteiger charge is -2.25. The van der Waals surface area contributed by atoms with Crippen molar-refractivity contribution < 1.29 is 9.90 Å². The maximum Gasteiger partial charge on any atom is 0.325 e. The number of carbonyl (C=O) groups is 1. The third kappa shape index (κ3) is 4.13. The molecule has 1 atom stereocenters. The van der Waals surface area contributed by atoms with Gasteiger partial charge in [0.25, 0.3) is 0 Å². The molecular weight excluding hydrogens is 264 g/mol. The molecule has 4 nitrogen and oxygen atoms in total. The van der Waals surface area contributed by atoms with Gasteiger partial charge in [-0.2, -0.15) is 0 Å².